The normalized spacial score (nSPS) is 21.1. The van der Waals surface area contributed by atoms with Crippen molar-refractivity contribution in [3.8, 4) is 0 Å². The van der Waals surface area contributed by atoms with Crippen molar-refractivity contribution in [1.29, 1.82) is 0 Å². The van der Waals surface area contributed by atoms with Gasteiger partial charge in [0.25, 0.3) is 0 Å². The van der Waals surface area contributed by atoms with Gasteiger partial charge >= 0.3 is 13.8 Å². The van der Waals surface area contributed by atoms with E-state index in [4.69, 9.17) is 16.9 Å². The van der Waals surface area contributed by atoms with E-state index in [0.717, 1.165) is 44.3 Å². The van der Waals surface area contributed by atoms with Gasteiger partial charge in [-0.2, -0.15) is 11.8 Å². The van der Waals surface area contributed by atoms with Gasteiger partial charge in [-0.3, -0.25) is 18.9 Å². The van der Waals surface area contributed by atoms with Crippen LogP contribution in [-0.2, 0) is 28.0 Å². The lowest BCUT2D eigenvalue weighted by Gasteiger charge is -2.23. The Morgan fingerprint density at radius 2 is 1.88 bits per heavy atom. The molecule has 2 fully saturated rings. The van der Waals surface area contributed by atoms with Crippen LogP contribution in [0.5, 0.6) is 0 Å². The summed E-state index contributed by atoms with van der Waals surface area (Å²) in [7, 11) is 4.60. The average Bonchev–Trinajstić information content (AvgIpc) is 3.50. The van der Waals surface area contributed by atoms with E-state index in [2.05, 4.69) is 26.4 Å². The number of unbranched alkanes of at least 4 members (excludes halogenated alkanes) is 4. The Kier molecular flexibility index (Phi) is 16.0. The van der Waals surface area contributed by atoms with Crippen molar-refractivity contribution in [2.24, 2.45) is 0 Å². The van der Waals surface area contributed by atoms with E-state index in [0.29, 0.717) is 24.6 Å². The molecule has 0 bridgehead atoms. The fourth-order valence-corrected chi connectivity index (χ4v) is 7.13. The molecule has 0 aromatic rings. The zero-order chi connectivity index (χ0) is 29.4. The van der Waals surface area contributed by atoms with Crippen molar-refractivity contribution in [2.75, 3.05) is 52.7 Å². The first-order chi connectivity index (χ1) is 19.2. The van der Waals surface area contributed by atoms with Gasteiger partial charge in [0, 0.05) is 51.2 Å². The van der Waals surface area contributed by atoms with E-state index >= 15 is 0 Å². The number of urea groups is 1. The number of fused-ring (bicyclic) bond motifs is 1. The first kappa shape index (κ1) is 34.4. The van der Waals surface area contributed by atoms with E-state index in [-0.39, 0.29) is 62.5 Å². The molecule has 2 aliphatic rings. The molecule has 4 atom stereocenters. The summed E-state index contributed by atoms with van der Waals surface area (Å²) in [4.78, 5) is 48.3. The molecule has 0 aliphatic carbocycles. The van der Waals surface area contributed by atoms with Crippen molar-refractivity contribution < 1.29 is 32.8 Å². The minimum Gasteiger partial charge on any atom is -0.358 e. The zero-order valence-electron chi connectivity index (χ0n) is 23.6. The summed E-state index contributed by atoms with van der Waals surface area (Å²) >= 11 is 1.89. The van der Waals surface area contributed by atoms with Gasteiger partial charge < -0.3 is 30.7 Å². The lowest BCUT2D eigenvalue weighted by molar-refractivity contribution is -0.134. The van der Waals surface area contributed by atoms with Gasteiger partial charge in [-0.1, -0.05) is 19.3 Å². The second kappa shape index (κ2) is 18.6. The molecular formula is C24H44BN6O7PS. The lowest BCUT2D eigenvalue weighted by Crippen LogP contribution is -2.42. The summed E-state index contributed by atoms with van der Waals surface area (Å²) in [5.74, 6) is 0.276. The highest BCUT2D eigenvalue weighted by Crippen LogP contribution is 2.42. The van der Waals surface area contributed by atoms with E-state index in [1.54, 1.807) is 0 Å². The maximum Gasteiger partial charge on any atom is 0.405 e. The number of nitrogens with zero attached hydrogens (tertiary/aromatic N) is 1. The standard InChI is InChI=1S/C24H44BN6O7PS/c1-26-21(33)16-31(22(34)15-25)13-12-28-39(36,37-2)38-14-8-4-3-7-11-27-20(32)10-6-5-9-19-23-18(17-40-19)29-24(35)30-23/h18-19,23H,3-17H2,1-2H3,(H,26,33)(H,27,32)(H,28,36)(H2,29,30,35). The number of amides is 5. The van der Waals surface area contributed by atoms with Gasteiger partial charge in [0.2, 0.25) is 17.7 Å². The number of carbonyl (C=O) groups is 4. The monoisotopic (exact) mass is 602 g/mol. The number of hydrogen-bond donors (Lipinski definition) is 5. The summed E-state index contributed by atoms with van der Waals surface area (Å²) in [5, 5.41) is 14.5. The average molecular weight is 603 g/mol. The van der Waals surface area contributed by atoms with Crippen molar-refractivity contribution in [1.82, 2.24) is 31.3 Å². The number of nitrogens with one attached hydrogen (secondary N) is 5. The third-order valence-electron chi connectivity index (χ3n) is 6.80. The molecule has 2 saturated heterocycles. The van der Waals surface area contributed by atoms with Crippen LogP contribution in [-0.4, -0.2) is 107 Å². The molecule has 40 heavy (non-hydrogen) atoms. The highest BCUT2D eigenvalue weighted by atomic mass is 32.2. The predicted octanol–water partition coefficient (Wildman–Crippen LogP) is 0.911. The molecule has 16 heteroatoms. The molecule has 2 radical (unpaired) electrons. The summed E-state index contributed by atoms with van der Waals surface area (Å²) in [6, 6.07) is 0.369. The molecule has 2 aliphatic heterocycles. The third kappa shape index (κ3) is 12.4. The second-order valence-electron chi connectivity index (χ2n) is 9.75. The van der Waals surface area contributed by atoms with Crippen LogP contribution < -0.4 is 26.4 Å². The Hall–Kier alpha value is -1.80. The number of carbonyl (C=O) groups excluding carboxylic acids is 4. The summed E-state index contributed by atoms with van der Waals surface area (Å²) in [6.07, 6.45) is 6.33. The Labute approximate surface area is 242 Å². The minimum absolute atomic E-state index is 0.0604. The second-order valence-corrected chi connectivity index (χ2v) is 13.0. The van der Waals surface area contributed by atoms with Crippen LogP contribution in [0.15, 0.2) is 0 Å². The Morgan fingerprint density at radius 3 is 2.60 bits per heavy atom. The van der Waals surface area contributed by atoms with Gasteiger partial charge in [-0.25, -0.2) is 14.4 Å². The van der Waals surface area contributed by atoms with Crippen molar-refractivity contribution in [2.45, 2.75) is 75.0 Å². The Morgan fingerprint density at radius 1 is 1.10 bits per heavy atom. The number of thioether (sulfide) groups is 1. The molecular weight excluding hydrogens is 558 g/mol. The first-order valence-corrected chi connectivity index (χ1v) is 16.5. The largest absolute Gasteiger partial charge is 0.405 e. The molecule has 5 N–H and O–H groups in total. The van der Waals surface area contributed by atoms with Crippen molar-refractivity contribution in [3.63, 3.8) is 0 Å². The fraction of sp³-hybridized carbons (Fsp3) is 0.833. The van der Waals surface area contributed by atoms with Crippen LogP contribution in [0.3, 0.4) is 0 Å². The van der Waals surface area contributed by atoms with Crippen LogP contribution in [0.2, 0.25) is 6.32 Å². The molecule has 0 spiro atoms. The predicted molar refractivity (Wildman–Crippen MR) is 155 cm³/mol. The third-order valence-corrected chi connectivity index (χ3v) is 9.93. The van der Waals surface area contributed by atoms with Crippen LogP contribution >= 0.6 is 19.5 Å². The molecule has 0 saturated carbocycles. The van der Waals surface area contributed by atoms with Crippen LogP contribution in [0.4, 0.5) is 4.79 Å². The highest BCUT2D eigenvalue weighted by Gasteiger charge is 2.42. The van der Waals surface area contributed by atoms with E-state index in [1.807, 2.05) is 11.8 Å². The van der Waals surface area contributed by atoms with E-state index in [1.165, 1.54) is 19.1 Å². The van der Waals surface area contributed by atoms with Gasteiger partial charge in [0.05, 0.1) is 33.1 Å². The lowest BCUT2D eigenvalue weighted by atomic mass is 10.0. The maximum atomic E-state index is 12.7. The molecule has 5 amide bonds. The molecule has 2 rings (SSSR count). The Bertz CT molecular complexity index is 889. The van der Waals surface area contributed by atoms with Gasteiger partial charge in [-0.15, -0.1) is 0 Å². The van der Waals surface area contributed by atoms with E-state index in [9.17, 15) is 23.7 Å². The zero-order valence-corrected chi connectivity index (χ0v) is 25.3. The van der Waals surface area contributed by atoms with Gasteiger partial charge in [0.15, 0.2) is 0 Å². The molecule has 0 aromatic heterocycles. The highest BCUT2D eigenvalue weighted by molar-refractivity contribution is 8.00. The number of hydrogen-bond acceptors (Lipinski definition) is 8. The SMILES string of the molecule is [B]CC(=O)N(CCNP(=O)(OC)OCCCCCCNC(=O)CCCCC1SCC2NC(=O)NC21)CC(=O)NC. The molecule has 0 aromatic carbocycles. The summed E-state index contributed by atoms with van der Waals surface area (Å²) in [5.41, 5.74) is 0. The minimum atomic E-state index is -3.54. The van der Waals surface area contributed by atoms with Crippen molar-refractivity contribution >= 4 is 51.1 Å². The molecule has 13 nitrogen and oxygen atoms in total. The quantitative estimate of drug-likeness (QED) is 0.0556. The summed E-state index contributed by atoms with van der Waals surface area (Å²) in [6.45, 7) is 0.918. The van der Waals surface area contributed by atoms with Crippen LogP contribution in [0.1, 0.15) is 51.4 Å². The summed E-state index contributed by atoms with van der Waals surface area (Å²) < 4.78 is 23.2. The van der Waals surface area contributed by atoms with Crippen LogP contribution in [0.25, 0.3) is 0 Å². The van der Waals surface area contributed by atoms with Crippen LogP contribution in [0, 0.1) is 0 Å². The van der Waals surface area contributed by atoms with E-state index < -0.39 is 13.7 Å². The smallest absolute Gasteiger partial charge is 0.358 e. The molecule has 226 valence electrons. The fourth-order valence-electron chi connectivity index (χ4n) is 4.51. The van der Waals surface area contributed by atoms with Gasteiger partial charge in [0.1, 0.15) is 0 Å². The van der Waals surface area contributed by atoms with Gasteiger partial charge in [-0.05, 0) is 32.0 Å². The number of rotatable bonds is 21. The Balaban J connectivity index is 1.47. The molecule has 2 heterocycles. The van der Waals surface area contributed by atoms with Crippen molar-refractivity contribution in [3.05, 3.63) is 0 Å². The molecule has 4 unspecified atom stereocenters. The first-order valence-electron chi connectivity index (χ1n) is 13.9. The maximum absolute atomic E-state index is 12.7. The number of likely N-dealkylation sites (N-methyl/N-ethyl adjacent to an activating group) is 1. The topological polar surface area (TPSA) is 167 Å².